The number of carbonyl (C=O) groups is 3. The van der Waals surface area contributed by atoms with Gasteiger partial charge < -0.3 is 4.74 Å². The highest BCUT2D eigenvalue weighted by Gasteiger charge is 2.37. The summed E-state index contributed by atoms with van der Waals surface area (Å²) < 4.78 is 6.05. The molecule has 0 saturated carbocycles. The van der Waals surface area contributed by atoms with Crippen LogP contribution in [0.2, 0.25) is 0 Å². The molecule has 0 aliphatic carbocycles. The van der Waals surface area contributed by atoms with Gasteiger partial charge in [0.05, 0.1) is 5.69 Å². The van der Waals surface area contributed by atoms with E-state index in [4.69, 9.17) is 4.74 Å². The third kappa shape index (κ3) is 4.76. The molecule has 0 radical (unpaired) electrons. The van der Waals surface area contributed by atoms with Crippen molar-refractivity contribution in [3.8, 4) is 5.75 Å². The second-order valence-electron chi connectivity index (χ2n) is 8.26. The summed E-state index contributed by atoms with van der Waals surface area (Å²) in [6.07, 6.45) is 2.11. The summed E-state index contributed by atoms with van der Waals surface area (Å²) in [6, 6.07) is 19.8. The molecule has 172 valence electrons. The Kier molecular flexibility index (Phi) is 6.59. The SMILES string of the molecule is CCc1ccccc1N1C(=O)NC(=O)/C(=C/c2ccccc2OCc2cc(C)cc(C)c2)C1=O. The Morgan fingerprint density at radius 3 is 2.32 bits per heavy atom. The molecule has 1 heterocycles. The average Bonchev–Trinajstić information content (AvgIpc) is 2.80. The lowest BCUT2D eigenvalue weighted by Crippen LogP contribution is -2.54. The molecule has 0 atom stereocenters. The molecule has 34 heavy (non-hydrogen) atoms. The summed E-state index contributed by atoms with van der Waals surface area (Å²) in [5, 5.41) is 2.29. The number of para-hydroxylation sites is 2. The van der Waals surface area contributed by atoms with Crippen molar-refractivity contribution < 1.29 is 19.1 Å². The van der Waals surface area contributed by atoms with Crippen LogP contribution >= 0.6 is 0 Å². The summed E-state index contributed by atoms with van der Waals surface area (Å²) in [7, 11) is 0. The zero-order valence-electron chi connectivity index (χ0n) is 19.4. The molecule has 1 fully saturated rings. The molecule has 1 aliphatic heterocycles. The molecule has 1 saturated heterocycles. The van der Waals surface area contributed by atoms with Gasteiger partial charge in [0.15, 0.2) is 0 Å². The number of nitrogens with zero attached hydrogens (tertiary/aromatic N) is 1. The first-order valence-corrected chi connectivity index (χ1v) is 11.2. The molecular formula is C28H26N2O4. The van der Waals surface area contributed by atoms with Crippen molar-refractivity contribution in [1.29, 1.82) is 0 Å². The van der Waals surface area contributed by atoms with Crippen LogP contribution in [0.5, 0.6) is 5.75 Å². The number of barbiturate groups is 1. The molecule has 4 rings (SSSR count). The monoisotopic (exact) mass is 454 g/mol. The fourth-order valence-electron chi connectivity index (χ4n) is 4.10. The summed E-state index contributed by atoms with van der Waals surface area (Å²) >= 11 is 0. The predicted octanol–water partition coefficient (Wildman–Crippen LogP) is 5.11. The van der Waals surface area contributed by atoms with Gasteiger partial charge in [-0.1, -0.05) is 72.6 Å². The van der Waals surface area contributed by atoms with Crippen LogP contribution in [0, 0.1) is 13.8 Å². The van der Waals surface area contributed by atoms with E-state index in [2.05, 4.69) is 23.5 Å². The third-order valence-corrected chi connectivity index (χ3v) is 5.61. The maximum absolute atomic E-state index is 13.3. The lowest BCUT2D eigenvalue weighted by molar-refractivity contribution is -0.122. The quantitative estimate of drug-likeness (QED) is 0.415. The molecule has 1 aliphatic rings. The van der Waals surface area contributed by atoms with E-state index in [-0.39, 0.29) is 5.57 Å². The Hall–Kier alpha value is -4.19. The van der Waals surface area contributed by atoms with E-state index in [1.165, 1.54) is 6.08 Å². The maximum Gasteiger partial charge on any atom is 0.335 e. The van der Waals surface area contributed by atoms with Gasteiger partial charge in [-0.05, 0) is 49.6 Å². The highest BCUT2D eigenvalue weighted by molar-refractivity contribution is 6.39. The second kappa shape index (κ2) is 9.75. The maximum atomic E-state index is 13.3. The van der Waals surface area contributed by atoms with Gasteiger partial charge in [0, 0.05) is 5.56 Å². The molecule has 0 bridgehead atoms. The number of imide groups is 2. The Balaban J connectivity index is 1.66. The number of urea groups is 1. The number of amides is 4. The molecule has 3 aromatic carbocycles. The molecule has 6 nitrogen and oxygen atoms in total. The highest BCUT2D eigenvalue weighted by atomic mass is 16.5. The Morgan fingerprint density at radius 2 is 1.59 bits per heavy atom. The van der Waals surface area contributed by atoms with Crippen LogP contribution in [0.3, 0.4) is 0 Å². The Labute approximate surface area is 198 Å². The van der Waals surface area contributed by atoms with Crippen molar-refractivity contribution in [3.05, 3.63) is 100 Å². The fraction of sp³-hybridized carbons (Fsp3) is 0.179. The number of benzene rings is 3. The van der Waals surface area contributed by atoms with Crippen LogP contribution in [0.25, 0.3) is 6.08 Å². The highest BCUT2D eigenvalue weighted by Crippen LogP contribution is 2.28. The smallest absolute Gasteiger partial charge is 0.335 e. The minimum atomic E-state index is -0.757. The largest absolute Gasteiger partial charge is 0.488 e. The number of hydrogen-bond donors (Lipinski definition) is 1. The van der Waals surface area contributed by atoms with Gasteiger partial charge in [0.25, 0.3) is 11.8 Å². The zero-order chi connectivity index (χ0) is 24.2. The number of ether oxygens (including phenoxy) is 1. The van der Waals surface area contributed by atoms with Crippen LogP contribution in [0.4, 0.5) is 10.5 Å². The summed E-state index contributed by atoms with van der Waals surface area (Å²) in [5.41, 5.74) is 5.06. The van der Waals surface area contributed by atoms with Crippen LogP contribution < -0.4 is 15.0 Å². The molecule has 6 heteroatoms. The van der Waals surface area contributed by atoms with Crippen LogP contribution in [0.15, 0.2) is 72.3 Å². The first-order chi connectivity index (χ1) is 16.4. The summed E-state index contributed by atoms with van der Waals surface area (Å²) in [5.74, 6) is -0.865. The van der Waals surface area contributed by atoms with Gasteiger partial charge in [-0.25, -0.2) is 9.69 Å². The minimum Gasteiger partial charge on any atom is -0.488 e. The molecule has 0 spiro atoms. The lowest BCUT2D eigenvalue weighted by Gasteiger charge is -2.28. The van der Waals surface area contributed by atoms with E-state index in [1.807, 2.05) is 39.0 Å². The van der Waals surface area contributed by atoms with Crippen molar-refractivity contribution in [2.75, 3.05) is 4.90 Å². The number of hydrogen-bond acceptors (Lipinski definition) is 4. The normalized spacial score (nSPS) is 15.0. The van der Waals surface area contributed by atoms with Crippen molar-refractivity contribution in [1.82, 2.24) is 5.32 Å². The third-order valence-electron chi connectivity index (χ3n) is 5.61. The molecular weight excluding hydrogens is 428 g/mol. The number of aryl methyl sites for hydroxylation is 3. The number of anilines is 1. The van der Waals surface area contributed by atoms with Gasteiger partial charge in [-0.3, -0.25) is 14.9 Å². The van der Waals surface area contributed by atoms with Crippen molar-refractivity contribution in [2.24, 2.45) is 0 Å². The van der Waals surface area contributed by atoms with Crippen molar-refractivity contribution >= 4 is 29.6 Å². The van der Waals surface area contributed by atoms with Crippen molar-refractivity contribution in [2.45, 2.75) is 33.8 Å². The van der Waals surface area contributed by atoms with E-state index in [0.29, 0.717) is 30.0 Å². The van der Waals surface area contributed by atoms with Crippen LogP contribution in [0.1, 0.15) is 34.7 Å². The van der Waals surface area contributed by atoms with Gasteiger partial charge in [0.2, 0.25) is 0 Å². The summed E-state index contributed by atoms with van der Waals surface area (Å²) in [6.45, 7) is 6.35. The lowest BCUT2D eigenvalue weighted by atomic mass is 10.0. The molecule has 0 unspecified atom stereocenters. The first kappa shape index (κ1) is 23.0. The molecule has 3 aromatic rings. The van der Waals surface area contributed by atoms with Gasteiger partial charge in [-0.15, -0.1) is 0 Å². The first-order valence-electron chi connectivity index (χ1n) is 11.2. The van der Waals surface area contributed by atoms with Crippen LogP contribution in [-0.4, -0.2) is 17.8 Å². The van der Waals surface area contributed by atoms with E-state index >= 15 is 0 Å². The van der Waals surface area contributed by atoms with E-state index in [9.17, 15) is 14.4 Å². The number of rotatable bonds is 6. The average molecular weight is 455 g/mol. The molecule has 4 amide bonds. The van der Waals surface area contributed by atoms with Gasteiger partial charge in [-0.2, -0.15) is 0 Å². The Morgan fingerprint density at radius 1 is 0.912 bits per heavy atom. The predicted molar refractivity (Wildman–Crippen MR) is 132 cm³/mol. The van der Waals surface area contributed by atoms with Crippen LogP contribution in [-0.2, 0) is 22.6 Å². The number of carbonyl (C=O) groups excluding carboxylic acids is 3. The number of nitrogens with one attached hydrogen (secondary N) is 1. The standard InChI is InChI=1S/C28H26N2O4/c1-4-21-9-5-7-11-24(21)30-27(32)23(26(31)29-28(30)33)16-22-10-6-8-12-25(22)34-17-20-14-18(2)13-19(3)15-20/h5-16H,4,17H2,1-3H3,(H,29,31,33)/b23-16-. The zero-order valence-corrected chi connectivity index (χ0v) is 19.4. The van der Waals surface area contributed by atoms with E-state index in [0.717, 1.165) is 27.2 Å². The molecule has 0 aromatic heterocycles. The second-order valence-corrected chi connectivity index (χ2v) is 8.26. The topological polar surface area (TPSA) is 75.7 Å². The minimum absolute atomic E-state index is 0.132. The van der Waals surface area contributed by atoms with Gasteiger partial charge in [0.1, 0.15) is 17.9 Å². The van der Waals surface area contributed by atoms with Gasteiger partial charge >= 0.3 is 6.03 Å². The van der Waals surface area contributed by atoms with E-state index in [1.54, 1.807) is 30.3 Å². The Bertz CT molecular complexity index is 1290. The van der Waals surface area contributed by atoms with E-state index < -0.39 is 17.8 Å². The fourth-order valence-corrected chi connectivity index (χ4v) is 4.10. The molecule has 1 N–H and O–H groups in total. The van der Waals surface area contributed by atoms with Crippen molar-refractivity contribution in [3.63, 3.8) is 0 Å². The summed E-state index contributed by atoms with van der Waals surface area (Å²) in [4.78, 5) is 39.6.